The summed E-state index contributed by atoms with van der Waals surface area (Å²) in [5.41, 5.74) is 2.17. The van der Waals surface area contributed by atoms with Crippen molar-refractivity contribution in [3.63, 3.8) is 0 Å². The van der Waals surface area contributed by atoms with E-state index >= 15 is 0 Å². The maximum Gasteiger partial charge on any atom is 0.226 e. The van der Waals surface area contributed by atoms with Crippen molar-refractivity contribution in [3.8, 4) is 5.75 Å². The fourth-order valence-electron chi connectivity index (χ4n) is 2.16. The molecule has 0 radical (unpaired) electrons. The molecule has 2 amide bonds. The Hall–Kier alpha value is -2.73. The largest absolute Gasteiger partial charge is 0.495 e. The first-order valence-electron chi connectivity index (χ1n) is 7.73. The normalized spacial score (nSPS) is 10.0. The van der Waals surface area contributed by atoms with E-state index in [1.165, 1.54) is 6.92 Å². The predicted molar refractivity (Wildman–Crippen MR) is 100 cm³/mol. The highest BCUT2D eigenvalue weighted by molar-refractivity contribution is 6.32. The SMILES string of the molecule is COc1ccc(NCCC(=O)Nc2ccc(NC(C)=O)cc2)cc1Cl. The van der Waals surface area contributed by atoms with Crippen LogP contribution in [0.3, 0.4) is 0 Å². The van der Waals surface area contributed by atoms with Crippen LogP contribution in [0.2, 0.25) is 5.02 Å². The lowest BCUT2D eigenvalue weighted by atomic mass is 10.2. The number of carbonyl (C=O) groups is 2. The number of amides is 2. The molecule has 0 unspecified atom stereocenters. The van der Waals surface area contributed by atoms with Crippen molar-refractivity contribution < 1.29 is 14.3 Å². The van der Waals surface area contributed by atoms with E-state index in [4.69, 9.17) is 16.3 Å². The molecule has 0 saturated heterocycles. The van der Waals surface area contributed by atoms with E-state index in [2.05, 4.69) is 16.0 Å². The van der Waals surface area contributed by atoms with Gasteiger partial charge in [-0.2, -0.15) is 0 Å². The second-order valence-corrected chi connectivity index (χ2v) is 5.74. The van der Waals surface area contributed by atoms with Crippen LogP contribution in [0, 0.1) is 0 Å². The number of rotatable bonds is 7. The lowest BCUT2D eigenvalue weighted by molar-refractivity contribution is -0.116. The van der Waals surface area contributed by atoms with Crippen molar-refractivity contribution in [2.75, 3.05) is 29.6 Å². The van der Waals surface area contributed by atoms with Gasteiger partial charge in [-0.05, 0) is 42.5 Å². The summed E-state index contributed by atoms with van der Waals surface area (Å²) in [5, 5.41) is 9.12. The quantitative estimate of drug-likeness (QED) is 0.701. The van der Waals surface area contributed by atoms with Gasteiger partial charge in [0.25, 0.3) is 0 Å². The van der Waals surface area contributed by atoms with Crippen LogP contribution in [0.5, 0.6) is 5.75 Å². The van der Waals surface area contributed by atoms with Gasteiger partial charge < -0.3 is 20.7 Å². The third-order valence-electron chi connectivity index (χ3n) is 3.32. The van der Waals surface area contributed by atoms with E-state index < -0.39 is 0 Å². The summed E-state index contributed by atoms with van der Waals surface area (Å²) in [6.07, 6.45) is 0.303. The van der Waals surface area contributed by atoms with Gasteiger partial charge in [-0.25, -0.2) is 0 Å². The van der Waals surface area contributed by atoms with Gasteiger partial charge in [0.15, 0.2) is 0 Å². The predicted octanol–water partition coefficient (Wildman–Crippen LogP) is 3.75. The monoisotopic (exact) mass is 361 g/mol. The zero-order chi connectivity index (χ0) is 18.2. The number of benzene rings is 2. The Kier molecular flexibility index (Phi) is 6.65. The molecule has 0 fully saturated rings. The van der Waals surface area contributed by atoms with E-state index in [9.17, 15) is 9.59 Å². The third kappa shape index (κ3) is 6.00. The molecule has 0 aliphatic heterocycles. The Balaban J connectivity index is 1.78. The van der Waals surface area contributed by atoms with Crippen molar-refractivity contribution in [1.82, 2.24) is 0 Å². The summed E-state index contributed by atoms with van der Waals surface area (Å²) in [7, 11) is 1.56. The first-order valence-corrected chi connectivity index (χ1v) is 8.10. The molecule has 0 aliphatic rings. The van der Waals surface area contributed by atoms with E-state index in [1.54, 1.807) is 43.5 Å². The Labute approximate surface area is 151 Å². The van der Waals surface area contributed by atoms with Gasteiger partial charge in [0.05, 0.1) is 12.1 Å². The lowest BCUT2D eigenvalue weighted by Gasteiger charge is -2.10. The molecule has 2 aromatic carbocycles. The second kappa shape index (κ2) is 8.94. The highest BCUT2D eigenvalue weighted by atomic mass is 35.5. The third-order valence-corrected chi connectivity index (χ3v) is 3.62. The van der Waals surface area contributed by atoms with Crippen molar-refractivity contribution >= 4 is 40.5 Å². The van der Waals surface area contributed by atoms with Crippen LogP contribution in [-0.4, -0.2) is 25.5 Å². The van der Waals surface area contributed by atoms with Crippen LogP contribution >= 0.6 is 11.6 Å². The lowest BCUT2D eigenvalue weighted by Crippen LogP contribution is -2.16. The molecule has 3 N–H and O–H groups in total. The van der Waals surface area contributed by atoms with Gasteiger partial charge in [0.2, 0.25) is 11.8 Å². The molecular formula is C18H20ClN3O3. The molecule has 6 nitrogen and oxygen atoms in total. The van der Waals surface area contributed by atoms with E-state index in [0.29, 0.717) is 35.1 Å². The van der Waals surface area contributed by atoms with Crippen molar-refractivity contribution in [3.05, 3.63) is 47.5 Å². The van der Waals surface area contributed by atoms with Crippen molar-refractivity contribution in [2.45, 2.75) is 13.3 Å². The number of carbonyl (C=O) groups excluding carboxylic acids is 2. The topological polar surface area (TPSA) is 79.5 Å². The van der Waals surface area contributed by atoms with Gasteiger partial charge in [-0.1, -0.05) is 11.6 Å². The summed E-state index contributed by atoms with van der Waals surface area (Å²) in [5.74, 6) is 0.355. The average molecular weight is 362 g/mol. The molecule has 132 valence electrons. The highest BCUT2D eigenvalue weighted by Gasteiger charge is 2.05. The van der Waals surface area contributed by atoms with Gasteiger partial charge in [-0.3, -0.25) is 9.59 Å². The van der Waals surface area contributed by atoms with Crippen LogP contribution in [-0.2, 0) is 9.59 Å². The minimum absolute atomic E-state index is 0.112. The van der Waals surface area contributed by atoms with E-state index in [1.807, 2.05) is 6.07 Å². The average Bonchev–Trinajstić information content (AvgIpc) is 2.56. The van der Waals surface area contributed by atoms with Crippen LogP contribution in [0.15, 0.2) is 42.5 Å². The number of nitrogens with one attached hydrogen (secondary N) is 3. The Bertz CT molecular complexity index is 748. The van der Waals surface area contributed by atoms with Crippen LogP contribution < -0.4 is 20.7 Å². The van der Waals surface area contributed by atoms with Gasteiger partial charge in [0, 0.05) is 37.0 Å². The standard InChI is InChI=1S/C18H20ClN3O3/c1-12(23)21-13-3-5-14(6-4-13)22-18(24)9-10-20-15-7-8-17(25-2)16(19)11-15/h3-8,11,20H,9-10H2,1-2H3,(H,21,23)(H,22,24). The molecule has 2 rings (SSSR count). The Morgan fingerprint density at radius 3 is 2.16 bits per heavy atom. The number of anilines is 3. The smallest absolute Gasteiger partial charge is 0.226 e. The Morgan fingerprint density at radius 2 is 1.60 bits per heavy atom. The summed E-state index contributed by atoms with van der Waals surface area (Å²) >= 11 is 6.05. The first kappa shape index (κ1) is 18.6. The highest BCUT2D eigenvalue weighted by Crippen LogP contribution is 2.27. The summed E-state index contributed by atoms with van der Waals surface area (Å²) in [6.45, 7) is 1.91. The number of hydrogen-bond donors (Lipinski definition) is 3. The van der Waals surface area contributed by atoms with Crippen molar-refractivity contribution in [2.24, 2.45) is 0 Å². The molecule has 0 heterocycles. The number of ether oxygens (including phenoxy) is 1. The van der Waals surface area contributed by atoms with Gasteiger partial charge in [-0.15, -0.1) is 0 Å². The molecule has 2 aromatic rings. The zero-order valence-corrected chi connectivity index (χ0v) is 14.8. The zero-order valence-electron chi connectivity index (χ0n) is 14.1. The fourth-order valence-corrected chi connectivity index (χ4v) is 2.42. The van der Waals surface area contributed by atoms with Gasteiger partial charge in [0.1, 0.15) is 5.75 Å². The summed E-state index contributed by atoms with van der Waals surface area (Å²) in [4.78, 5) is 22.9. The van der Waals surface area contributed by atoms with Gasteiger partial charge >= 0.3 is 0 Å². The van der Waals surface area contributed by atoms with E-state index in [0.717, 1.165) is 5.69 Å². The van der Waals surface area contributed by atoms with Crippen LogP contribution in [0.25, 0.3) is 0 Å². The fraction of sp³-hybridized carbons (Fsp3) is 0.222. The van der Waals surface area contributed by atoms with E-state index in [-0.39, 0.29) is 11.8 Å². The maximum absolute atomic E-state index is 12.0. The first-order chi connectivity index (χ1) is 12.0. The maximum atomic E-state index is 12.0. The molecule has 0 atom stereocenters. The minimum atomic E-state index is -0.138. The van der Waals surface area contributed by atoms with Crippen molar-refractivity contribution in [1.29, 1.82) is 0 Å². The molecule has 0 aromatic heterocycles. The molecule has 7 heteroatoms. The number of hydrogen-bond acceptors (Lipinski definition) is 4. The summed E-state index contributed by atoms with van der Waals surface area (Å²) < 4.78 is 5.09. The minimum Gasteiger partial charge on any atom is -0.495 e. The molecular weight excluding hydrogens is 342 g/mol. The number of methoxy groups -OCH3 is 1. The second-order valence-electron chi connectivity index (χ2n) is 5.33. The van der Waals surface area contributed by atoms with Crippen LogP contribution in [0.4, 0.5) is 17.1 Å². The molecule has 25 heavy (non-hydrogen) atoms. The molecule has 0 aliphatic carbocycles. The molecule has 0 saturated carbocycles. The number of halogens is 1. The molecule has 0 bridgehead atoms. The Morgan fingerprint density at radius 1 is 1.00 bits per heavy atom. The van der Waals surface area contributed by atoms with Crippen LogP contribution in [0.1, 0.15) is 13.3 Å². The molecule has 0 spiro atoms. The summed E-state index contributed by atoms with van der Waals surface area (Å²) in [6, 6.07) is 12.3.